The van der Waals surface area contributed by atoms with Crippen LogP contribution in [-0.2, 0) is 9.63 Å². The van der Waals surface area contributed by atoms with Crippen molar-refractivity contribution in [2.24, 2.45) is 5.92 Å². The van der Waals surface area contributed by atoms with Gasteiger partial charge in [-0.2, -0.15) is 0 Å². The van der Waals surface area contributed by atoms with Crippen LogP contribution in [0, 0.1) is 5.92 Å². The lowest BCUT2D eigenvalue weighted by Gasteiger charge is -2.12. The molecule has 3 nitrogen and oxygen atoms in total. The molecule has 1 fully saturated rings. The van der Waals surface area contributed by atoms with E-state index >= 15 is 0 Å². The molecule has 0 heterocycles. The second-order valence-electron chi connectivity index (χ2n) is 4.13. The van der Waals surface area contributed by atoms with Crippen molar-refractivity contribution in [1.29, 1.82) is 0 Å². The summed E-state index contributed by atoms with van der Waals surface area (Å²) in [4.78, 5) is 16.2. The van der Waals surface area contributed by atoms with Crippen molar-refractivity contribution in [3.05, 3.63) is 12.2 Å². The average molecular weight is 211 g/mol. The number of amides is 1. The van der Waals surface area contributed by atoms with E-state index < -0.39 is 0 Å². The van der Waals surface area contributed by atoms with Gasteiger partial charge in [-0.15, -0.1) is 0 Å². The minimum Gasteiger partial charge on any atom is -0.274 e. The van der Waals surface area contributed by atoms with Crippen LogP contribution in [0.15, 0.2) is 12.2 Å². The third kappa shape index (κ3) is 4.47. The Labute approximate surface area is 92.0 Å². The van der Waals surface area contributed by atoms with Crippen molar-refractivity contribution in [3.63, 3.8) is 0 Å². The van der Waals surface area contributed by atoms with Crippen LogP contribution >= 0.6 is 0 Å². The molecule has 0 bridgehead atoms. The molecule has 0 atom stereocenters. The fourth-order valence-corrected chi connectivity index (χ4v) is 1.92. The predicted molar refractivity (Wildman–Crippen MR) is 60.1 cm³/mol. The smallest absolute Gasteiger partial charge is 0.269 e. The molecule has 0 N–H and O–H groups in total. The lowest BCUT2D eigenvalue weighted by Crippen LogP contribution is -2.23. The third-order valence-electron chi connectivity index (χ3n) is 3.00. The topological polar surface area (TPSA) is 29.5 Å². The molecule has 0 aromatic carbocycles. The van der Waals surface area contributed by atoms with Gasteiger partial charge in [-0.1, -0.05) is 31.8 Å². The zero-order valence-electron chi connectivity index (χ0n) is 9.74. The van der Waals surface area contributed by atoms with Gasteiger partial charge in [0.1, 0.15) is 0 Å². The van der Waals surface area contributed by atoms with Gasteiger partial charge in [0.15, 0.2) is 0 Å². The van der Waals surface area contributed by atoms with E-state index in [1.54, 1.807) is 13.1 Å². The maximum Gasteiger partial charge on any atom is 0.269 e. The number of likely N-dealkylation sites (N-methyl/N-ethyl adjacent to an activating group) is 1. The molecule has 1 rings (SSSR count). The highest BCUT2D eigenvalue weighted by molar-refractivity contribution is 5.86. The van der Waals surface area contributed by atoms with Gasteiger partial charge in [-0.05, 0) is 18.8 Å². The molecule has 0 unspecified atom stereocenters. The summed E-state index contributed by atoms with van der Waals surface area (Å²) < 4.78 is 0. The van der Waals surface area contributed by atoms with E-state index in [0.29, 0.717) is 5.92 Å². The molecule has 0 aromatic heterocycles. The number of hydrogen-bond acceptors (Lipinski definition) is 2. The van der Waals surface area contributed by atoms with Crippen molar-refractivity contribution < 1.29 is 9.63 Å². The minimum absolute atomic E-state index is 0.0817. The fourth-order valence-electron chi connectivity index (χ4n) is 1.92. The van der Waals surface area contributed by atoms with Gasteiger partial charge in [-0.25, -0.2) is 5.06 Å². The normalized spacial score (nSPS) is 19.1. The lowest BCUT2D eigenvalue weighted by molar-refractivity contribution is -0.162. The molecule has 1 saturated carbocycles. The van der Waals surface area contributed by atoms with E-state index in [0.717, 1.165) is 0 Å². The number of carbonyl (C=O) groups excluding carboxylic acids is 1. The zero-order valence-corrected chi connectivity index (χ0v) is 9.74. The van der Waals surface area contributed by atoms with Crippen LogP contribution in [0.4, 0.5) is 0 Å². The predicted octanol–water partition coefficient (Wildman–Crippen LogP) is 2.53. The Morgan fingerprint density at radius 2 is 1.87 bits per heavy atom. The molecule has 15 heavy (non-hydrogen) atoms. The van der Waals surface area contributed by atoms with Gasteiger partial charge in [0, 0.05) is 13.1 Å². The summed E-state index contributed by atoms with van der Waals surface area (Å²) in [7, 11) is 3.12. The van der Waals surface area contributed by atoms with Crippen LogP contribution in [0.2, 0.25) is 0 Å². The van der Waals surface area contributed by atoms with E-state index in [-0.39, 0.29) is 5.91 Å². The van der Waals surface area contributed by atoms with Gasteiger partial charge >= 0.3 is 0 Å². The summed E-state index contributed by atoms with van der Waals surface area (Å²) in [5.41, 5.74) is 0. The van der Waals surface area contributed by atoms with Crippen LogP contribution < -0.4 is 0 Å². The SMILES string of the molecule is CON(C)C(=O)/C=C/C1CCCCCC1. The summed E-state index contributed by atoms with van der Waals surface area (Å²) in [6, 6.07) is 0. The molecule has 0 aliphatic heterocycles. The van der Waals surface area contributed by atoms with Crippen LogP contribution in [0.5, 0.6) is 0 Å². The third-order valence-corrected chi connectivity index (χ3v) is 3.00. The Bertz CT molecular complexity index is 218. The van der Waals surface area contributed by atoms with Gasteiger partial charge < -0.3 is 0 Å². The Hall–Kier alpha value is -0.830. The lowest BCUT2D eigenvalue weighted by atomic mass is 10.00. The second kappa shape index (κ2) is 6.62. The van der Waals surface area contributed by atoms with Crippen molar-refractivity contribution in [3.8, 4) is 0 Å². The summed E-state index contributed by atoms with van der Waals surface area (Å²) in [5.74, 6) is 0.503. The van der Waals surface area contributed by atoms with Crippen molar-refractivity contribution >= 4 is 5.91 Å². The molecule has 3 heteroatoms. The Kier molecular flexibility index (Phi) is 5.40. The van der Waals surface area contributed by atoms with E-state index in [9.17, 15) is 4.79 Å². The maximum atomic E-state index is 11.4. The van der Waals surface area contributed by atoms with Crippen LogP contribution in [0.1, 0.15) is 38.5 Å². The van der Waals surface area contributed by atoms with Crippen LogP contribution in [0.25, 0.3) is 0 Å². The molecule has 1 aliphatic carbocycles. The summed E-state index contributed by atoms with van der Waals surface area (Å²) >= 11 is 0. The van der Waals surface area contributed by atoms with Gasteiger partial charge in [0.25, 0.3) is 5.91 Å². The fraction of sp³-hybridized carbons (Fsp3) is 0.750. The van der Waals surface area contributed by atoms with E-state index in [1.165, 1.54) is 50.7 Å². The number of rotatable bonds is 3. The molecule has 0 saturated heterocycles. The van der Waals surface area contributed by atoms with E-state index in [1.807, 2.05) is 6.08 Å². The first-order chi connectivity index (χ1) is 7.24. The highest BCUT2D eigenvalue weighted by Gasteiger charge is 2.10. The van der Waals surface area contributed by atoms with Crippen molar-refractivity contribution in [1.82, 2.24) is 5.06 Å². The van der Waals surface area contributed by atoms with E-state index in [2.05, 4.69) is 0 Å². The Balaban J connectivity index is 2.37. The van der Waals surface area contributed by atoms with Gasteiger partial charge in [0.2, 0.25) is 0 Å². The molecule has 0 aromatic rings. The largest absolute Gasteiger partial charge is 0.274 e. The molecular formula is C12H21NO2. The van der Waals surface area contributed by atoms with Crippen molar-refractivity contribution in [2.75, 3.05) is 14.2 Å². The van der Waals surface area contributed by atoms with Crippen LogP contribution in [-0.4, -0.2) is 25.1 Å². The highest BCUT2D eigenvalue weighted by atomic mass is 16.7. The first-order valence-corrected chi connectivity index (χ1v) is 5.74. The first kappa shape index (κ1) is 12.2. The quantitative estimate of drug-likeness (QED) is 0.408. The van der Waals surface area contributed by atoms with Crippen molar-refractivity contribution in [2.45, 2.75) is 38.5 Å². The maximum absolute atomic E-state index is 11.4. The number of carbonyl (C=O) groups is 1. The number of hydroxylamine groups is 2. The number of allylic oxidation sites excluding steroid dienone is 1. The zero-order chi connectivity index (χ0) is 11.1. The van der Waals surface area contributed by atoms with E-state index in [4.69, 9.17) is 4.84 Å². The average Bonchev–Trinajstić information content (AvgIpc) is 2.53. The Morgan fingerprint density at radius 1 is 1.27 bits per heavy atom. The summed E-state index contributed by atoms with van der Waals surface area (Å²) in [5, 5.41) is 1.24. The van der Waals surface area contributed by atoms with Gasteiger partial charge in [0.05, 0.1) is 7.11 Å². The monoisotopic (exact) mass is 211 g/mol. The summed E-state index contributed by atoms with van der Waals surface area (Å²) in [6.45, 7) is 0. The highest BCUT2D eigenvalue weighted by Crippen LogP contribution is 2.23. The minimum atomic E-state index is -0.0817. The standard InChI is InChI=1S/C12H21NO2/c1-13(15-2)12(14)10-9-11-7-5-3-4-6-8-11/h9-11H,3-8H2,1-2H3/b10-9+. The molecule has 0 radical (unpaired) electrons. The molecule has 0 spiro atoms. The number of nitrogens with zero attached hydrogens (tertiary/aromatic N) is 1. The molecule has 1 amide bonds. The van der Waals surface area contributed by atoms with Gasteiger partial charge in [-0.3, -0.25) is 9.63 Å². The molecule has 86 valence electrons. The molecular weight excluding hydrogens is 190 g/mol. The molecule has 1 aliphatic rings. The second-order valence-corrected chi connectivity index (χ2v) is 4.13. The first-order valence-electron chi connectivity index (χ1n) is 5.74. The summed E-state index contributed by atoms with van der Waals surface area (Å²) in [6.07, 6.45) is 11.4. The Morgan fingerprint density at radius 3 is 2.40 bits per heavy atom. The van der Waals surface area contributed by atoms with Crippen LogP contribution in [0.3, 0.4) is 0 Å². The number of hydrogen-bond donors (Lipinski definition) is 0.